The van der Waals surface area contributed by atoms with Crippen LogP contribution >= 0.6 is 0 Å². The molecule has 4 aromatic rings. The normalized spacial score (nSPS) is 13.2. The molecule has 33 heavy (non-hydrogen) atoms. The molecule has 1 fully saturated rings. The van der Waals surface area contributed by atoms with Gasteiger partial charge in [-0.2, -0.15) is 15.5 Å². The average molecular weight is 443 g/mol. The fourth-order valence-corrected chi connectivity index (χ4v) is 3.94. The monoisotopic (exact) mass is 442 g/mol. The number of aromatic amines is 1. The van der Waals surface area contributed by atoms with Crippen molar-refractivity contribution in [2.45, 2.75) is 33.2 Å². The third-order valence-corrected chi connectivity index (χ3v) is 5.85. The van der Waals surface area contributed by atoms with Crippen molar-refractivity contribution in [1.29, 1.82) is 5.26 Å². The first-order chi connectivity index (χ1) is 15.9. The van der Waals surface area contributed by atoms with E-state index in [9.17, 15) is 9.65 Å². The highest BCUT2D eigenvalue weighted by Crippen LogP contribution is 2.33. The number of nitrogen functional groups attached to an aromatic ring is 1. The van der Waals surface area contributed by atoms with Crippen molar-refractivity contribution in [2.75, 3.05) is 5.73 Å². The molecule has 1 saturated carbocycles. The molecule has 0 amide bonds. The molecule has 3 heterocycles. The maximum absolute atomic E-state index is 13.5. The minimum atomic E-state index is -0.299. The third kappa shape index (κ3) is 3.91. The number of aromatic nitrogens is 6. The van der Waals surface area contributed by atoms with Crippen molar-refractivity contribution in [2.24, 2.45) is 5.92 Å². The van der Waals surface area contributed by atoms with Gasteiger partial charge in [0.25, 0.3) is 0 Å². The maximum Gasteiger partial charge on any atom is 0.157 e. The molecular formula is C24H23FN8. The summed E-state index contributed by atoms with van der Waals surface area (Å²) in [5.41, 5.74) is 10.5. The second kappa shape index (κ2) is 8.06. The van der Waals surface area contributed by atoms with Crippen LogP contribution in [0.15, 0.2) is 42.6 Å². The standard InChI is InChI=1S/C24H23FN8/c1-14-20(12-26)15(2)33(30-14)22-11-21(27)29-24-19(9-10-28-22)23(17-5-7-18(25)8-6-17)31-32(24)13-16-3-4-16/h5-11,16,29H,3-4,13,27H2,1-2H3. The molecule has 3 N–H and O–H groups in total. The summed E-state index contributed by atoms with van der Waals surface area (Å²) in [4.78, 5) is 7.86. The molecule has 0 spiro atoms. The molecule has 5 rings (SSSR count). The van der Waals surface area contributed by atoms with Crippen molar-refractivity contribution in [3.05, 3.63) is 65.4 Å². The highest BCUT2D eigenvalue weighted by atomic mass is 19.1. The van der Waals surface area contributed by atoms with E-state index in [1.165, 1.54) is 25.0 Å². The number of anilines is 1. The van der Waals surface area contributed by atoms with E-state index in [1.807, 2.05) is 17.7 Å². The van der Waals surface area contributed by atoms with E-state index >= 15 is 0 Å². The molecule has 3 aromatic heterocycles. The molecule has 0 aliphatic heterocycles. The first kappa shape index (κ1) is 20.7. The van der Waals surface area contributed by atoms with Crippen LogP contribution in [-0.4, -0.2) is 29.5 Å². The van der Waals surface area contributed by atoms with Gasteiger partial charge < -0.3 is 10.7 Å². The molecule has 8 nitrogen and oxygen atoms in total. The van der Waals surface area contributed by atoms with Crippen LogP contribution in [0.3, 0.4) is 0 Å². The van der Waals surface area contributed by atoms with E-state index in [2.05, 4.69) is 21.1 Å². The van der Waals surface area contributed by atoms with Gasteiger partial charge in [0.1, 0.15) is 29.0 Å². The number of aryl methyl sites for hydroxylation is 1. The number of nitrogens with two attached hydrogens (primary N) is 1. The fraction of sp³-hybridized carbons (Fsp3) is 0.250. The van der Waals surface area contributed by atoms with Crippen LogP contribution in [0.1, 0.15) is 29.8 Å². The lowest BCUT2D eigenvalue weighted by molar-refractivity contribution is 0.578. The van der Waals surface area contributed by atoms with Crippen LogP contribution < -0.4 is 5.73 Å². The zero-order chi connectivity index (χ0) is 23.1. The summed E-state index contributed by atoms with van der Waals surface area (Å²) >= 11 is 0. The van der Waals surface area contributed by atoms with Crippen molar-refractivity contribution in [1.82, 2.24) is 29.5 Å². The van der Waals surface area contributed by atoms with Crippen LogP contribution in [-0.2, 0) is 6.54 Å². The number of hydrogen-bond acceptors (Lipinski definition) is 5. The summed E-state index contributed by atoms with van der Waals surface area (Å²) in [7, 11) is 0. The number of H-pyrrole nitrogens is 1. The molecular weight excluding hydrogens is 419 g/mol. The molecule has 0 saturated heterocycles. The lowest BCUT2D eigenvalue weighted by atomic mass is 10.1. The highest BCUT2D eigenvalue weighted by Gasteiger charge is 2.24. The number of halogens is 1. The van der Waals surface area contributed by atoms with Crippen molar-refractivity contribution < 1.29 is 4.39 Å². The summed E-state index contributed by atoms with van der Waals surface area (Å²) < 4.78 is 17.1. The van der Waals surface area contributed by atoms with Crippen LogP contribution in [0.5, 0.6) is 0 Å². The average Bonchev–Trinajstić information content (AvgIpc) is 3.46. The third-order valence-electron chi connectivity index (χ3n) is 5.85. The van der Waals surface area contributed by atoms with Crippen molar-refractivity contribution >= 4 is 16.9 Å². The van der Waals surface area contributed by atoms with E-state index in [0.29, 0.717) is 34.5 Å². The minimum Gasteiger partial charge on any atom is -0.385 e. The number of fused-ring (bicyclic) bond motifs is 1. The summed E-state index contributed by atoms with van der Waals surface area (Å²) in [6, 6.07) is 12.0. The van der Waals surface area contributed by atoms with E-state index in [-0.39, 0.29) is 5.82 Å². The zero-order valence-corrected chi connectivity index (χ0v) is 18.4. The predicted molar refractivity (Wildman–Crippen MR) is 123 cm³/mol. The van der Waals surface area contributed by atoms with Gasteiger partial charge in [-0.05, 0) is 62.9 Å². The maximum atomic E-state index is 13.5. The Labute approximate surface area is 189 Å². The van der Waals surface area contributed by atoms with Gasteiger partial charge in [-0.3, -0.25) is 0 Å². The second-order valence-electron chi connectivity index (χ2n) is 8.34. The first-order valence-corrected chi connectivity index (χ1v) is 10.8. The van der Waals surface area contributed by atoms with Gasteiger partial charge in [0, 0.05) is 29.8 Å². The summed E-state index contributed by atoms with van der Waals surface area (Å²) in [5.74, 6) is 1.14. The molecule has 9 heteroatoms. The predicted octanol–water partition coefficient (Wildman–Crippen LogP) is 4.36. The van der Waals surface area contributed by atoms with Crippen LogP contribution in [0.25, 0.3) is 28.1 Å². The molecule has 0 bridgehead atoms. The molecule has 1 aliphatic rings. The zero-order valence-electron chi connectivity index (χ0n) is 18.4. The number of hydrogen-bond donors (Lipinski definition) is 2. The lowest BCUT2D eigenvalue weighted by Gasteiger charge is -2.02. The van der Waals surface area contributed by atoms with Gasteiger partial charge in [0.15, 0.2) is 5.82 Å². The highest BCUT2D eigenvalue weighted by molar-refractivity contribution is 5.91. The number of benzene rings is 1. The van der Waals surface area contributed by atoms with Gasteiger partial charge in [-0.25, -0.2) is 18.7 Å². The Morgan fingerprint density at radius 3 is 2.61 bits per heavy atom. The Kier molecular flexibility index (Phi) is 5.05. The number of nitrogens with zero attached hydrogens (tertiary/aromatic N) is 6. The van der Waals surface area contributed by atoms with Gasteiger partial charge in [0.05, 0.1) is 17.0 Å². The van der Waals surface area contributed by atoms with Crippen molar-refractivity contribution in [3.63, 3.8) is 0 Å². The largest absolute Gasteiger partial charge is 0.385 e. The van der Waals surface area contributed by atoms with Gasteiger partial charge in [0.2, 0.25) is 0 Å². The molecule has 1 aliphatic carbocycles. The SMILES string of the molecule is Cc1nn(-c2cc(N)[nH]c3c(ccn2)c(-c2ccc(F)cc2)nn3CC2CC2)c(C)c1C#N. The first-order valence-electron chi connectivity index (χ1n) is 10.8. The lowest BCUT2D eigenvalue weighted by Crippen LogP contribution is -2.04. The smallest absolute Gasteiger partial charge is 0.157 e. The van der Waals surface area contributed by atoms with Gasteiger partial charge >= 0.3 is 0 Å². The van der Waals surface area contributed by atoms with Crippen LogP contribution in [0, 0.1) is 36.9 Å². The Morgan fingerprint density at radius 2 is 1.94 bits per heavy atom. The number of rotatable bonds is 4. The summed E-state index contributed by atoms with van der Waals surface area (Å²) in [6.45, 7) is 4.38. The fourth-order valence-electron chi connectivity index (χ4n) is 3.94. The van der Waals surface area contributed by atoms with E-state index < -0.39 is 0 Å². The molecule has 0 atom stereocenters. The Morgan fingerprint density at radius 1 is 1.18 bits per heavy atom. The van der Waals surface area contributed by atoms with E-state index in [1.54, 1.807) is 36.0 Å². The number of nitriles is 1. The molecule has 1 aromatic carbocycles. The van der Waals surface area contributed by atoms with Crippen LogP contribution in [0.4, 0.5) is 10.2 Å². The molecule has 0 radical (unpaired) electrons. The van der Waals surface area contributed by atoms with Gasteiger partial charge in [-0.1, -0.05) is 0 Å². The van der Waals surface area contributed by atoms with E-state index in [4.69, 9.17) is 10.8 Å². The summed E-state index contributed by atoms with van der Waals surface area (Å²) in [6.07, 6.45) is 4.02. The Hall–Kier alpha value is -4.19. The van der Waals surface area contributed by atoms with E-state index in [0.717, 1.165) is 28.8 Å². The summed E-state index contributed by atoms with van der Waals surface area (Å²) in [5, 5.41) is 19.5. The van der Waals surface area contributed by atoms with Gasteiger partial charge in [-0.15, -0.1) is 0 Å². The Bertz CT molecular complexity index is 1450. The quantitative estimate of drug-likeness (QED) is 0.487. The Balaban J connectivity index is 1.74. The molecule has 0 unspecified atom stereocenters. The molecule has 166 valence electrons. The number of nitrogens with one attached hydrogen (secondary N) is 1. The topological polar surface area (TPSA) is 114 Å². The second-order valence-corrected chi connectivity index (χ2v) is 8.34. The minimum absolute atomic E-state index is 0.299. The van der Waals surface area contributed by atoms with Crippen molar-refractivity contribution in [3.8, 4) is 23.1 Å². The van der Waals surface area contributed by atoms with Crippen LogP contribution in [0.2, 0.25) is 0 Å².